The standard InChI is InChI=1S/C14H23N3O3/c18-13(19)12-5-2-9-17(12)14(20)16-8-3-7-15-6-1-4-11(15)10-16/h11-12H,1-10H2,(H,18,19)/t11?,12-/m1/s1. The number of carbonyl (C=O) groups excluding carboxylic acids is 1. The molecule has 6 heteroatoms. The smallest absolute Gasteiger partial charge is 0.326 e. The Morgan fingerprint density at radius 2 is 1.70 bits per heavy atom. The highest BCUT2D eigenvalue weighted by molar-refractivity contribution is 5.83. The molecule has 20 heavy (non-hydrogen) atoms. The summed E-state index contributed by atoms with van der Waals surface area (Å²) in [7, 11) is 0. The van der Waals surface area contributed by atoms with Crippen molar-refractivity contribution in [3.05, 3.63) is 0 Å². The molecule has 2 amide bonds. The number of carboxylic acid groups (broad SMARTS) is 1. The van der Waals surface area contributed by atoms with Crippen molar-refractivity contribution in [2.45, 2.75) is 44.2 Å². The average Bonchev–Trinajstić information content (AvgIpc) is 3.03. The molecular formula is C14H23N3O3. The van der Waals surface area contributed by atoms with E-state index in [9.17, 15) is 14.7 Å². The number of rotatable bonds is 1. The zero-order valence-electron chi connectivity index (χ0n) is 11.8. The van der Waals surface area contributed by atoms with Crippen LogP contribution < -0.4 is 0 Å². The van der Waals surface area contributed by atoms with Crippen LogP contribution in [0.3, 0.4) is 0 Å². The summed E-state index contributed by atoms with van der Waals surface area (Å²) in [6.45, 7) is 4.32. The van der Waals surface area contributed by atoms with Crippen molar-refractivity contribution in [3.8, 4) is 0 Å². The number of hydrogen-bond acceptors (Lipinski definition) is 3. The van der Waals surface area contributed by atoms with E-state index < -0.39 is 12.0 Å². The first-order valence-electron chi connectivity index (χ1n) is 7.69. The molecule has 3 heterocycles. The highest BCUT2D eigenvalue weighted by Gasteiger charge is 2.38. The van der Waals surface area contributed by atoms with Gasteiger partial charge in [0.1, 0.15) is 6.04 Å². The fourth-order valence-electron chi connectivity index (χ4n) is 3.81. The second kappa shape index (κ2) is 5.60. The zero-order chi connectivity index (χ0) is 14.1. The Balaban J connectivity index is 1.68. The van der Waals surface area contributed by atoms with E-state index in [0.29, 0.717) is 19.0 Å². The van der Waals surface area contributed by atoms with Gasteiger partial charge < -0.3 is 14.9 Å². The molecule has 0 bridgehead atoms. The summed E-state index contributed by atoms with van der Waals surface area (Å²) >= 11 is 0. The predicted octanol–water partition coefficient (Wildman–Crippen LogP) is 0.826. The Kier molecular flexibility index (Phi) is 3.83. The van der Waals surface area contributed by atoms with Crippen LogP contribution in [0.15, 0.2) is 0 Å². The molecule has 1 N–H and O–H groups in total. The highest BCUT2D eigenvalue weighted by Crippen LogP contribution is 2.24. The van der Waals surface area contributed by atoms with Crippen molar-refractivity contribution in [2.75, 3.05) is 32.7 Å². The van der Waals surface area contributed by atoms with E-state index in [-0.39, 0.29) is 6.03 Å². The topological polar surface area (TPSA) is 64.1 Å². The van der Waals surface area contributed by atoms with Gasteiger partial charge in [0, 0.05) is 32.2 Å². The Labute approximate surface area is 119 Å². The molecule has 6 nitrogen and oxygen atoms in total. The molecule has 2 atom stereocenters. The number of carboxylic acids is 1. The van der Waals surface area contributed by atoms with E-state index in [1.54, 1.807) is 4.90 Å². The molecule has 3 aliphatic heterocycles. The van der Waals surface area contributed by atoms with Crippen LogP contribution in [0.1, 0.15) is 32.1 Å². The molecule has 3 saturated heterocycles. The lowest BCUT2D eigenvalue weighted by Crippen LogP contribution is -2.50. The SMILES string of the molecule is O=C(O)[C@H]1CCCN1C(=O)N1CCCN2CCCC2C1. The van der Waals surface area contributed by atoms with Crippen LogP contribution in [0, 0.1) is 0 Å². The summed E-state index contributed by atoms with van der Waals surface area (Å²) in [5, 5.41) is 9.22. The largest absolute Gasteiger partial charge is 0.480 e. The molecule has 1 unspecified atom stereocenters. The molecule has 0 aromatic rings. The summed E-state index contributed by atoms with van der Waals surface area (Å²) in [6, 6.07) is -0.207. The molecule has 3 aliphatic rings. The quantitative estimate of drug-likeness (QED) is 0.773. The Morgan fingerprint density at radius 3 is 2.50 bits per heavy atom. The van der Waals surface area contributed by atoms with Gasteiger partial charge in [-0.3, -0.25) is 4.90 Å². The second-order valence-corrected chi connectivity index (χ2v) is 6.10. The van der Waals surface area contributed by atoms with E-state index in [1.165, 1.54) is 6.42 Å². The second-order valence-electron chi connectivity index (χ2n) is 6.10. The molecular weight excluding hydrogens is 258 g/mol. The van der Waals surface area contributed by atoms with Gasteiger partial charge in [-0.25, -0.2) is 9.59 Å². The normalized spacial score (nSPS) is 31.2. The molecule has 0 spiro atoms. The highest BCUT2D eigenvalue weighted by atomic mass is 16.4. The van der Waals surface area contributed by atoms with Crippen molar-refractivity contribution >= 4 is 12.0 Å². The van der Waals surface area contributed by atoms with Crippen LogP contribution in [-0.4, -0.2) is 76.6 Å². The third kappa shape index (κ3) is 2.49. The predicted molar refractivity (Wildman–Crippen MR) is 73.5 cm³/mol. The van der Waals surface area contributed by atoms with Gasteiger partial charge in [0.15, 0.2) is 0 Å². The molecule has 3 fully saturated rings. The Morgan fingerprint density at radius 1 is 0.950 bits per heavy atom. The monoisotopic (exact) mass is 281 g/mol. The van der Waals surface area contributed by atoms with Crippen LogP contribution in [-0.2, 0) is 4.79 Å². The lowest BCUT2D eigenvalue weighted by atomic mass is 10.2. The van der Waals surface area contributed by atoms with Gasteiger partial charge in [0.2, 0.25) is 0 Å². The first-order chi connectivity index (χ1) is 9.66. The van der Waals surface area contributed by atoms with Crippen LogP contribution in [0.25, 0.3) is 0 Å². The Hall–Kier alpha value is -1.30. The maximum Gasteiger partial charge on any atom is 0.326 e. The lowest BCUT2D eigenvalue weighted by Gasteiger charge is -2.31. The van der Waals surface area contributed by atoms with E-state index in [0.717, 1.165) is 45.4 Å². The van der Waals surface area contributed by atoms with Crippen molar-refractivity contribution in [3.63, 3.8) is 0 Å². The maximum atomic E-state index is 12.6. The number of nitrogens with zero attached hydrogens (tertiary/aromatic N) is 3. The molecule has 0 aromatic carbocycles. The van der Waals surface area contributed by atoms with Gasteiger partial charge >= 0.3 is 12.0 Å². The number of fused-ring (bicyclic) bond motifs is 1. The van der Waals surface area contributed by atoms with Crippen LogP contribution >= 0.6 is 0 Å². The fourth-order valence-corrected chi connectivity index (χ4v) is 3.81. The molecule has 0 saturated carbocycles. The van der Waals surface area contributed by atoms with Crippen molar-refractivity contribution in [1.29, 1.82) is 0 Å². The van der Waals surface area contributed by atoms with Crippen molar-refractivity contribution in [1.82, 2.24) is 14.7 Å². The number of hydrogen-bond donors (Lipinski definition) is 1. The van der Waals surface area contributed by atoms with Crippen molar-refractivity contribution < 1.29 is 14.7 Å². The summed E-state index contributed by atoms with van der Waals surface area (Å²) in [4.78, 5) is 29.8. The van der Waals surface area contributed by atoms with Crippen LogP contribution in [0.4, 0.5) is 4.79 Å². The van der Waals surface area contributed by atoms with Gasteiger partial charge in [-0.15, -0.1) is 0 Å². The molecule has 3 rings (SSSR count). The Bertz CT molecular complexity index is 401. The molecule has 112 valence electrons. The van der Waals surface area contributed by atoms with Crippen LogP contribution in [0.5, 0.6) is 0 Å². The average molecular weight is 281 g/mol. The first-order valence-corrected chi connectivity index (χ1v) is 7.69. The van der Waals surface area contributed by atoms with E-state index >= 15 is 0 Å². The summed E-state index contributed by atoms with van der Waals surface area (Å²) in [6.07, 6.45) is 4.75. The number of aliphatic carboxylic acids is 1. The van der Waals surface area contributed by atoms with Gasteiger partial charge in [0.05, 0.1) is 0 Å². The first kappa shape index (κ1) is 13.7. The van der Waals surface area contributed by atoms with Gasteiger partial charge in [-0.2, -0.15) is 0 Å². The number of likely N-dealkylation sites (tertiary alicyclic amines) is 1. The van der Waals surface area contributed by atoms with Gasteiger partial charge in [-0.1, -0.05) is 0 Å². The minimum atomic E-state index is -0.867. The summed E-state index contributed by atoms with van der Waals surface area (Å²) in [5.74, 6) is -0.867. The number of amides is 2. The zero-order valence-corrected chi connectivity index (χ0v) is 11.8. The molecule has 0 aromatic heterocycles. The minimum Gasteiger partial charge on any atom is -0.480 e. The van der Waals surface area contributed by atoms with E-state index in [4.69, 9.17) is 0 Å². The lowest BCUT2D eigenvalue weighted by molar-refractivity contribution is -0.141. The fraction of sp³-hybridized carbons (Fsp3) is 0.857. The number of carbonyl (C=O) groups is 2. The molecule has 0 aliphatic carbocycles. The minimum absolute atomic E-state index is 0.0661. The molecule has 0 radical (unpaired) electrons. The summed E-state index contributed by atoms with van der Waals surface area (Å²) in [5.41, 5.74) is 0. The van der Waals surface area contributed by atoms with Gasteiger partial charge in [0.25, 0.3) is 0 Å². The van der Waals surface area contributed by atoms with Crippen LogP contribution in [0.2, 0.25) is 0 Å². The third-order valence-electron chi connectivity index (χ3n) is 4.86. The van der Waals surface area contributed by atoms with Gasteiger partial charge in [-0.05, 0) is 38.6 Å². The summed E-state index contributed by atoms with van der Waals surface area (Å²) < 4.78 is 0. The third-order valence-corrected chi connectivity index (χ3v) is 4.86. The van der Waals surface area contributed by atoms with Crippen molar-refractivity contribution in [2.24, 2.45) is 0 Å². The van der Waals surface area contributed by atoms with E-state index in [1.807, 2.05) is 4.90 Å². The number of urea groups is 1. The van der Waals surface area contributed by atoms with E-state index in [2.05, 4.69) is 4.90 Å². The maximum absolute atomic E-state index is 12.6.